The van der Waals surface area contributed by atoms with Crippen molar-refractivity contribution in [2.75, 3.05) is 0 Å². The highest BCUT2D eigenvalue weighted by Gasteiger charge is 2.22. The summed E-state index contributed by atoms with van der Waals surface area (Å²) in [6.07, 6.45) is 2.10. The van der Waals surface area contributed by atoms with Crippen LogP contribution in [0.2, 0.25) is 19.6 Å². The molecule has 29 heavy (non-hydrogen) atoms. The van der Waals surface area contributed by atoms with Crippen LogP contribution in [0.4, 0.5) is 0 Å². The number of hydrogen-bond acceptors (Lipinski definition) is 2. The van der Waals surface area contributed by atoms with Gasteiger partial charge >= 0.3 is 0 Å². The molecule has 2 nitrogen and oxygen atoms in total. The third-order valence-electron chi connectivity index (χ3n) is 5.47. The lowest BCUT2D eigenvalue weighted by atomic mass is 10.0. The van der Waals surface area contributed by atoms with E-state index in [0.717, 1.165) is 33.2 Å². The molecule has 0 aliphatic rings. The van der Waals surface area contributed by atoms with Crippen LogP contribution in [0.15, 0.2) is 89.5 Å². The molecule has 0 radical (unpaired) electrons. The average molecular weight is 394 g/mol. The molecule has 0 unspecified atom stereocenters. The van der Waals surface area contributed by atoms with Crippen molar-refractivity contribution in [3.05, 3.63) is 85.1 Å². The minimum absolute atomic E-state index is 0.914. The van der Waals surface area contributed by atoms with Gasteiger partial charge in [0.15, 0.2) is 0 Å². The quantitative estimate of drug-likeness (QED) is 0.313. The van der Waals surface area contributed by atoms with Gasteiger partial charge in [-0.15, -0.1) is 0 Å². The first-order chi connectivity index (χ1) is 14.0. The van der Waals surface area contributed by atoms with Gasteiger partial charge in [-0.3, -0.25) is 4.98 Å². The summed E-state index contributed by atoms with van der Waals surface area (Å²) in [5.41, 5.74) is 6.50. The van der Waals surface area contributed by atoms with Gasteiger partial charge < -0.3 is 4.42 Å². The molecule has 0 amide bonds. The molecule has 0 fully saturated rings. The van der Waals surface area contributed by atoms with Crippen LogP contribution < -0.4 is 5.19 Å². The van der Waals surface area contributed by atoms with E-state index in [-0.39, 0.29) is 0 Å². The standard InChI is InChI=1S/C26H23NOSi/c1-29(2,3)26-17-27-23(16-21(26)18-9-5-4-6-10-18)19-13-14-25-22(15-19)20-11-7-8-12-24(20)28-25/h4-17H,1-3H3. The Labute approximate surface area is 171 Å². The Kier molecular flexibility index (Phi) is 4.14. The van der Waals surface area contributed by atoms with Crippen molar-refractivity contribution in [2.45, 2.75) is 19.6 Å². The number of rotatable bonds is 3. The molecule has 0 bridgehead atoms. The highest BCUT2D eigenvalue weighted by Crippen LogP contribution is 2.33. The van der Waals surface area contributed by atoms with Crippen molar-refractivity contribution in [3.63, 3.8) is 0 Å². The van der Waals surface area contributed by atoms with Gasteiger partial charge in [-0.2, -0.15) is 0 Å². The Hall–Kier alpha value is -3.17. The third kappa shape index (κ3) is 3.18. The fourth-order valence-electron chi connectivity index (χ4n) is 3.95. The molecule has 0 N–H and O–H groups in total. The molecule has 0 aliphatic heterocycles. The van der Waals surface area contributed by atoms with Gasteiger partial charge in [0.05, 0.1) is 13.8 Å². The molecule has 2 aromatic heterocycles. The zero-order valence-electron chi connectivity index (χ0n) is 16.9. The SMILES string of the molecule is C[Si](C)(C)c1cnc(-c2ccc3oc4ccccc4c3c2)cc1-c1ccccc1. The van der Waals surface area contributed by atoms with Gasteiger partial charge in [0, 0.05) is 22.5 Å². The predicted molar refractivity (Wildman–Crippen MR) is 125 cm³/mol. The predicted octanol–water partition coefficient (Wildman–Crippen LogP) is 6.86. The summed E-state index contributed by atoms with van der Waals surface area (Å²) in [7, 11) is -1.53. The van der Waals surface area contributed by atoms with Gasteiger partial charge in [-0.25, -0.2) is 0 Å². The normalized spacial score (nSPS) is 12.0. The fourth-order valence-corrected chi connectivity index (χ4v) is 5.43. The Bertz CT molecular complexity index is 1330. The Balaban J connectivity index is 1.71. The van der Waals surface area contributed by atoms with Gasteiger partial charge in [0.2, 0.25) is 0 Å². The van der Waals surface area contributed by atoms with E-state index in [1.807, 2.05) is 12.1 Å². The third-order valence-corrected chi connectivity index (χ3v) is 7.48. The molecule has 0 atom stereocenters. The van der Waals surface area contributed by atoms with Crippen LogP contribution in [0.3, 0.4) is 0 Å². The molecule has 2 heterocycles. The molecule has 0 aliphatic carbocycles. The molecular weight excluding hydrogens is 370 g/mol. The molecule has 3 heteroatoms. The summed E-state index contributed by atoms with van der Waals surface area (Å²) in [5, 5.41) is 3.67. The molecular formula is C26H23NOSi. The van der Waals surface area contributed by atoms with Crippen LogP contribution in [0.5, 0.6) is 0 Å². The van der Waals surface area contributed by atoms with E-state index in [2.05, 4.69) is 92.6 Å². The van der Waals surface area contributed by atoms with E-state index in [4.69, 9.17) is 9.40 Å². The molecule has 0 saturated heterocycles. The van der Waals surface area contributed by atoms with E-state index in [1.54, 1.807) is 0 Å². The second-order valence-electron chi connectivity index (χ2n) is 8.54. The van der Waals surface area contributed by atoms with Crippen molar-refractivity contribution in [1.82, 2.24) is 4.98 Å². The summed E-state index contributed by atoms with van der Waals surface area (Å²) in [4.78, 5) is 4.88. The van der Waals surface area contributed by atoms with Crippen molar-refractivity contribution in [2.24, 2.45) is 0 Å². The van der Waals surface area contributed by atoms with Gasteiger partial charge in [0.25, 0.3) is 0 Å². The fraction of sp³-hybridized carbons (Fsp3) is 0.115. The largest absolute Gasteiger partial charge is 0.456 e. The first-order valence-corrected chi connectivity index (χ1v) is 13.5. The minimum atomic E-state index is -1.53. The van der Waals surface area contributed by atoms with E-state index >= 15 is 0 Å². The van der Waals surface area contributed by atoms with E-state index < -0.39 is 8.07 Å². The number of benzene rings is 3. The summed E-state index contributed by atoms with van der Waals surface area (Å²) >= 11 is 0. The second kappa shape index (κ2) is 6.71. The smallest absolute Gasteiger partial charge is 0.135 e. The zero-order valence-corrected chi connectivity index (χ0v) is 17.9. The lowest BCUT2D eigenvalue weighted by Gasteiger charge is -2.21. The summed E-state index contributed by atoms with van der Waals surface area (Å²) < 4.78 is 5.99. The van der Waals surface area contributed by atoms with Crippen LogP contribution in [0.1, 0.15) is 0 Å². The van der Waals surface area contributed by atoms with Crippen LogP contribution in [-0.2, 0) is 0 Å². The number of para-hydroxylation sites is 1. The highest BCUT2D eigenvalue weighted by molar-refractivity contribution is 6.89. The maximum Gasteiger partial charge on any atom is 0.135 e. The van der Waals surface area contributed by atoms with Crippen LogP contribution in [-0.4, -0.2) is 13.1 Å². The molecule has 0 saturated carbocycles. The van der Waals surface area contributed by atoms with Crippen molar-refractivity contribution < 1.29 is 4.42 Å². The number of fused-ring (bicyclic) bond motifs is 3. The van der Waals surface area contributed by atoms with Crippen molar-refractivity contribution in [3.8, 4) is 22.4 Å². The lowest BCUT2D eigenvalue weighted by molar-refractivity contribution is 0.669. The maximum atomic E-state index is 5.99. The van der Waals surface area contributed by atoms with E-state index in [1.165, 1.54) is 16.3 Å². The Morgan fingerprint density at radius 1 is 0.690 bits per heavy atom. The van der Waals surface area contributed by atoms with E-state index in [9.17, 15) is 0 Å². The Morgan fingerprint density at radius 3 is 2.21 bits per heavy atom. The molecule has 142 valence electrons. The summed E-state index contributed by atoms with van der Waals surface area (Å²) in [5.74, 6) is 0. The van der Waals surface area contributed by atoms with Crippen LogP contribution >= 0.6 is 0 Å². The van der Waals surface area contributed by atoms with Crippen LogP contribution in [0, 0.1) is 0 Å². The van der Waals surface area contributed by atoms with Gasteiger partial charge in [0.1, 0.15) is 11.2 Å². The maximum absolute atomic E-state index is 5.99. The highest BCUT2D eigenvalue weighted by atomic mass is 28.3. The average Bonchev–Trinajstić information content (AvgIpc) is 3.11. The molecule has 5 aromatic rings. The number of hydrogen-bond donors (Lipinski definition) is 0. The Morgan fingerprint density at radius 2 is 1.41 bits per heavy atom. The first-order valence-electron chi connectivity index (χ1n) is 9.98. The number of aromatic nitrogens is 1. The number of furan rings is 1. The number of pyridine rings is 1. The van der Waals surface area contributed by atoms with Crippen molar-refractivity contribution in [1.29, 1.82) is 0 Å². The minimum Gasteiger partial charge on any atom is -0.456 e. The number of nitrogens with zero attached hydrogens (tertiary/aromatic N) is 1. The molecule has 0 spiro atoms. The van der Waals surface area contributed by atoms with Crippen LogP contribution in [0.25, 0.3) is 44.3 Å². The summed E-state index contributed by atoms with van der Waals surface area (Å²) in [6.45, 7) is 7.12. The van der Waals surface area contributed by atoms with Crippen molar-refractivity contribution >= 4 is 35.2 Å². The monoisotopic (exact) mass is 393 g/mol. The van der Waals surface area contributed by atoms with Gasteiger partial charge in [-0.1, -0.05) is 68.2 Å². The summed E-state index contributed by atoms with van der Waals surface area (Å²) in [6, 6.07) is 27.5. The van der Waals surface area contributed by atoms with Gasteiger partial charge in [-0.05, 0) is 46.6 Å². The first kappa shape index (κ1) is 17.9. The van der Waals surface area contributed by atoms with E-state index in [0.29, 0.717) is 0 Å². The topological polar surface area (TPSA) is 26.0 Å². The molecule has 5 rings (SSSR count). The second-order valence-corrected chi connectivity index (χ2v) is 13.6. The zero-order chi connectivity index (χ0) is 20.0. The lowest BCUT2D eigenvalue weighted by Crippen LogP contribution is -2.39. The molecule has 3 aromatic carbocycles.